The predicted molar refractivity (Wildman–Crippen MR) is 63.9 cm³/mol. The molecule has 0 saturated heterocycles. The van der Waals surface area contributed by atoms with E-state index in [0.717, 1.165) is 4.73 Å². The van der Waals surface area contributed by atoms with Crippen LogP contribution in [0.2, 0.25) is 0 Å². The summed E-state index contributed by atoms with van der Waals surface area (Å²) in [5, 5.41) is 11.4. The van der Waals surface area contributed by atoms with Crippen LogP contribution in [0.15, 0.2) is 6.07 Å². The highest BCUT2D eigenvalue weighted by Crippen LogP contribution is 2.30. The molecule has 0 atom stereocenters. The number of rotatable bonds is 2. The minimum absolute atomic E-state index is 0.471. The quantitative estimate of drug-likeness (QED) is 0.324. The van der Waals surface area contributed by atoms with Crippen molar-refractivity contribution in [1.29, 1.82) is 0 Å². The van der Waals surface area contributed by atoms with Crippen molar-refractivity contribution in [2.75, 3.05) is 14.2 Å². The molecule has 0 aliphatic heterocycles. The maximum absolute atomic E-state index is 11.4. The molecule has 1 heterocycles. The van der Waals surface area contributed by atoms with E-state index in [4.69, 9.17) is 9.47 Å². The Balaban J connectivity index is 3.39. The van der Waals surface area contributed by atoms with Crippen LogP contribution in [0.1, 0.15) is 0 Å². The Kier molecular flexibility index (Phi) is 3.83. The van der Waals surface area contributed by atoms with E-state index in [0.29, 0.717) is 18.9 Å². The van der Waals surface area contributed by atoms with Crippen LogP contribution in [0.3, 0.4) is 0 Å². The number of ether oxygens (including phenoxy) is 2. The summed E-state index contributed by atoms with van der Waals surface area (Å²) in [6.07, 6.45) is 0. The fourth-order valence-corrected chi connectivity index (χ4v) is 2.59. The van der Waals surface area contributed by atoms with Gasteiger partial charge in [0, 0.05) is 45.2 Å². The number of pyridine rings is 1. The van der Waals surface area contributed by atoms with Crippen molar-refractivity contribution >= 4 is 45.2 Å². The second-order valence-electron chi connectivity index (χ2n) is 2.15. The van der Waals surface area contributed by atoms with Crippen molar-refractivity contribution in [1.82, 2.24) is 0 Å². The SMILES string of the molecule is COc1cc(I)[n+]([O-])c(I)c1OC. The maximum Gasteiger partial charge on any atom is 0.299 e. The van der Waals surface area contributed by atoms with Gasteiger partial charge in [0.15, 0.2) is 5.75 Å². The summed E-state index contributed by atoms with van der Waals surface area (Å²) in [5.41, 5.74) is 0. The predicted octanol–water partition coefficient (Wildman–Crippen LogP) is 1.55. The van der Waals surface area contributed by atoms with E-state index in [1.807, 2.05) is 45.2 Å². The first-order valence-electron chi connectivity index (χ1n) is 3.31. The van der Waals surface area contributed by atoms with Crippen molar-refractivity contribution in [3.05, 3.63) is 18.7 Å². The minimum Gasteiger partial charge on any atom is -0.617 e. The molecule has 0 radical (unpaired) electrons. The van der Waals surface area contributed by atoms with Crippen LogP contribution in [0.4, 0.5) is 0 Å². The molecule has 0 saturated carbocycles. The van der Waals surface area contributed by atoms with E-state index in [1.165, 1.54) is 7.11 Å². The number of hydrogen-bond acceptors (Lipinski definition) is 3. The van der Waals surface area contributed by atoms with Gasteiger partial charge in [0.2, 0.25) is 5.75 Å². The second kappa shape index (κ2) is 4.49. The third kappa shape index (κ3) is 2.09. The summed E-state index contributed by atoms with van der Waals surface area (Å²) in [6.45, 7) is 0. The van der Waals surface area contributed by atoms with Crippen LogP contribution in [0, 0.1) is 12.6 Å². The van der Waals surface area contributed by atoms with E-state index in [-0.39, 0.29) is 0 Å². The van der Waals surface area contributed by atoms with Crippen LogP contribution in [-0.2, 0) is 0 Å². The molecule has 0 fully saturated rings. The van der Waals surface area contributed by atoms with Gasteiger partial charge in [-0.2, -0.15) is 4.73 Å². The zero-order valence-corrected chi connectivity index (χ0v) is 11.3. The molecule has 0 N–H and O–H groups in total. The van der Waals surface area contributed by atoms with Crippen LogP contribution >= 0.6 is 45.2 Å². The lowest BCUT2D eigenvalue weighted by molar-refractivity contribution is -0.633. The summed E-state index contributed by atoms with van der Waals surface area (Å²) < 4.78 is 11.9. The van der Waals surface area contributed by atoms with E-state index in [2.05, 4.69) is 0 Å². The van der Waals surface area contributed by atoms with Crippen LogP contribution < -0.4 is 14.2 Å². The molecule has 72 valence electrons. The molecule has 0 aliphatic rings. The normalized spacial score (nSPS) is 9.85. The minimum atomic E-state index is 0.471. The molecular weight excluding hydrogens is 400 g/mol. The van der Waals surface area contributed by atoms with Gasteiger partial charge in [-0.05, 0) is 0 Å². The molecular formula is C7H7I2NO3. The van der Waals surface area contributed by atoms with Gasteiger partial charge in [0.1, 0.15) is 0 Å². The van der Waals surface area contributed by atoms with Gasteiger partial charge in [-0.25, -0.2) is 0 Å². The molecule has 1 rings (SSSR count). The highest BCUT2D eigenvalue weighted by molar-refractivity contribution is 14.1. The number of nitrogens with zero attached hydrogens (tertiary/aromatic N) is 1. The third-order valence-electron chi connectivity index (χ3n) is 1.46. The largest absolute Gasteiger partial charge is 0.617 e. The van der Waals surface area contributed by atoms with Crippen LogP contribution in [0.5, 0.6) is 11.5 Å². The van der Waals surface area contributed by atoms with Crippen molar-refractivity contribution in [3.8, 4) is 11.5 Å². The molecule has 0 aromatic carbocycles. The summed E-state index contributed by atoms with van der Waals surface area (Å²) in [7, 11) is 3.05. The van der Waals surface area contributed by atoms with Gasteiger partial charge in [-0.1, -0.05) is 0 Å². The van der Waals surface area contributed by atoms with Crippen LogP contribution in [0.25, 0.3) is 0 Å². The van der Waals surface area contributed by atoms with Gasteiger partial charge >= 0.3 is 0 Å². The monoisotopic (exact) mass is 407 g/mol. The summed E-state index contributed by atoms with van der Waals surface area (Å²) in [5.74, 6) is 1.04. The first-order valence-corrected chi connectivity index (χ1v) is 5.47. The van der Waals surface area contributed by atoms with E-state index in [1.54, 1.807) is 13.2 Å². The Hall–Kier alpha value is 0.01000. The molecule has 0 bridgehead atoms. The number of aromatic nitrogens is 1. The summed E-state index contributed by atoms with van der Waals surface area (Å²) in [6, 6.07) is 1.63. The molecule has 1 aromatic rings. The number of methoxy groups -OCH3 is 2. The average Bonchev–Trinajstić information content (AvgIpc) is 2.13. The van der Waals surface area contributed by atoms with Crippen molar-refractivity contribution in [2.45, 2.75) is 0 Å². The molecule has 1 aromatic heterocycles. The van der Waals surface area contributed by atoms with E-state index in [9.17, 15) is 5.21 Å². The van der Waals surface area contributed by atoms with E-state index < -0.39 is 0 Å². The van der Waals surface area contributed by atoms with Gasteiger partial charge in [-0.3, -0.25) is 0 Å². The Labute approximate surface area is 103 Å². The van der Waals surface area contributed by atoms with Gasteiger partial charge in [-0.15, -0.1) is 0 Å². The lowest BCUT2D eigenvalue weighted by atomic mass is 10.4. The zero-order valence-electron chi connectivity index (χ0n) is 7.01. The Morgan fingerprint density at radius 1 is 1.31 bits per heavy atom. The van der Waals surface area contributed by atoms with Gasteiger partial charge < -0.3 is 14.7 Å². The maximum atomic E-state index is 11.4. The van der Waals surface area contributed by atoms with Crippen molar-refractivity contribution < 1.29 is 14.2 Å². The first kappa shape index (κ1) is 11.1. The first-order chi connectivity index (χ1) is 6.11. The lowest BCUT2D eigenvalue weighted by Gasteiger charge is -2.09. The lowest BCUT2D eigenvalue weighted by Crippen LogP contribution is -2.34. The highest BCUT2D eigenvalue weighted by Gasteiger charge is 2.19. The topological polar surface area (TPSA) is 45.4 Å². The van der Waals surface area contributed by atoms with E-state index >= 15 is 0 Å². The molecule has 0 aliphatic carbocycles. The molecule has 6 heteroatoms. The highest BCUT2D eigenvalue weighted by atomic mass is 127. The Morgan fingerprint density at radius 3 is 2.38 bits per heavy atom. The molecule has 0 amide bonds. The third-order valence-corrected chi connectivity index (χ3v) is 3.14. The molecule has 4 nitrogen and oxygen atoms in total. The number of halogens is 2. The molecule has 13 heavy (non-hydrogen) atoms. The number of hydrogen-bond donors (Lipinski definition) is 0. The second-order valence-corrected chi connectivity index (χ2v) is 4.28. The smallest absolute Gasteiger partial charge is 0.299 e. The van der Waals surface area contributed by atoms with Crippen molar-refractivity contribution in [3.63, 3.8) is 0 Å². The van der Waals surface area contributed by atoms with Crippen LogP contribution in [-0.4, -0.2) is 14.2 Å². The fourth-order valence-electron chi connectivity index (χ4n) is 0.856. The fraction of sp³-hybridized carbons (Fsp3) is 0.286. The zero-order chi connectivity index (χ0) is 10.0. The van der Waals surface area contributed by atoms with Gasteiger partial charge in [0.25, 0.3) is 7.40 Å². The standard InChI is InChI=1S/C7H7I2NO3/c1-12-4-3-5(8)10(11)7(9)6(4)13-2/h3H,1-2H3. The van der Waals surface area contributed by atoms with Crippen molar-refractivity contribution in [2.24, 2.45) is 0 Å². The Morgan fingerprint density at radius 2 is 1.92 bits per heavy atom. The average molecular weight is 407 g/mol. The summed E-state index contributed by atoms with van der Waals surface area (Å²) >= 11 is 3.86. The van der Waals surface area contributed by atoms with Gasteiger partial charge in [0.05, 0.1) is 20.3 Å². The molecule has 0 spiro atoms. The summed E-state index contributed by atoms with van der Waals surface area (Å²) in [4.78, 5) is 0. The molecule has 0 unspecified atom stereocenters. The Bertz CT molecular complexity index is 330.